The van der Waals surface area contributed by atoms with E-state index in [9.17, 15) is 4.79 Å². The molecule has 1 aromatic carbocycles. The highest BCUT2D eigenvalue weighted by molar-refractivity contribution is 5.94. The molecule has 1 unspecified atom stereocenters. The van der Waals surface area contributed by atoms with Crippen LogP contribution >= 0.6 is 0 Å². The molecule has 0 aliphatic rings. The summed E-state index contributed by atoms with van der Waals surface area (Å²) in [7, 11) is 0. The molecule has 17 heavy (non-hydrogen) atoms. The Hall–Kier alpha value is -1.35. The van der Waals surface area contributed by atoms with Gasteiger partial charge < -0.3 is 11.1 Å². The number of benzene rings is 1. The first kappa shape index (κ1) is 13.7. The number of amides is 1. The first-order chi connectivity index (χ1) is 8.08. The van der Waals surface area contributed by atoms with E-state index in [-0.39, 0.29) is 11.9 Å². The summed E-state index contributed by atoms with van der Waals surface area (Å²) in [6.45, 7) is 6.72. The van der Waals surface area contributed by atoms with Gasteiger partial charge in [-0.05, 0) is 56.5 Å². The van der Waals surface area contributed by atoms with Gasteiger partial charge in [0.25, 0.3) is 5.91 Å². The molecule has 0 spiro atoms. The Kier molecular flexibility index (Phi) is 5.16. The lowest BCUT2D eigenvalue weighted by Crippen LogP contribution is -2.35. The summed E-state index contributed by atoms with van der Waals surface area (Å²) in [5.74, 6) is -0.00611. The van der Waals surface area contributed by atoms with Crippen molar-refractivity contribution in [2.75, 3.05) is 6.54 Å². The summed E-state index contributed by atoms with van der Waals surface area (Å²) in [5, 5.41) is 3.01. The van der Waals surface area contributed by atoms with E-state index in [0.29, 0.717) is 6.54 Å². The molecule has 0 aromatic heterocycles. The molecule has 1 amide bonds. The highest BCUT2D eigenvalue weighted by atomic mass is 16.1. The third-order valence-electron chi connectivity index (χ3n) is 3.11. The molecule has 0 saturated carbocycles. The fraction of sp³-hybridized carbons (Fsp3) is 0.500. The van der Waals surface area contributed by atoms with Crippen LogP contribution in [-0.2, 0) is 0 Å². The molecule has 1 rings (SSSR count). The minimum absolute atomic E-state index is 0.00611. The Morgan fingerprint density at radius 1 is 1.35 bits per heavy atom. The SMILES string of the molecule is CCC(CCN)NC(=O)c1ccc(C)c(C)c1. The monoisotopic (exact) mass is 234 g/mol. The Balaban J connectivity index is 2.72. The topological polar surface area (TPSA) is 55.1 Å². The molecule has 0 saturated heterocycles. The number of aryl methyl sites for hydroxylation is 2. The lowest BCUT2D eigenvalue weighted by Gasteiger charge is -2.16. The van der Waals surface area contributed by atoms with Crippen LogP contribution in [-0.4, -0.2) is 18.5 Å². The van der Waals surface area contributed by atoms with Gasteiger partial charge in [-0.3, -0.25) is 4.79 Å². The summed E-state index contributed by atoms with van der Waals surface area (Å²) >= 11 is 0. The number of hydrogen-bond acceptors (Lipinski definition) is 2. The van der Waals surface area contributed by atoms with E-state index >= 15 is 0 Å². The molecule has 0 heterocycles. The second-order valence-corrected chi connectivity index (χ2v) is 4.46. The summed E-state index contributed by atoms with van der Waals surface area (Å²) in [4.78, 5) is 12.0. The van der Waals surface area contributed by atoms with Gasteiger partial charge >= 0.3 is 0 Å². The van der Waals surface area contributed by atoms with Crippen LogP contribution in [0.2, 0.25) is 0 Å². The zero-order valence-electron chi connectivity index (χ0n) is 10.9. The standard InChI is InChI=1S/C14H22N2O/c1-4-13(7-8-15)16-14(17)12-6-5-10(2)11(3)9-12/h5-6,9,13H,4,7-8,15H2,1-3H3,(H,16,17). The number of rotatable bonds is 5. The molecule has 94 valence electrons. The predicted molar refractivity (Wildman–Crippen MR) is 71.1 cm³/mol. The van der Waals surface area contributed by atoms with Crippen molar-refractivity contribution in [1.29, 1.82) is 0 Å². The molecule has 1 atom stereocenters. The van der Waals surface area contributed by atoms with Gasteiger partial charge in [-0.25, -0.2) is 0 Å². The van der Waals surface area contributed by atoms with Crippen molar-refractivity contribution < 1.29 is 4.79 Å². The van der Waals surface area contributed by atoms with Crippen LogP contribution in [0.4, 0.5) is 0 Å². The molecule has 3 nitrogen and oxygen atoms in total. The van der Waals surface area contributed by atoms with Crippen LogP contribution in [0.25, 0.3) is 0 Å². The zero-order valence-corrected chi connectivity index (χ0v) is 10.9. The highest BCUT2D eigenvalue weighted by Crippen LogP contribution is 2.10. The second-order valence-electron chi connectivity index (χ2n) is 4.46. The lowest BCUT2D eigenvalue weighted by molar-refractivity contribution is 0.0934. The number of nitrogens with two attached hydrogens (primary N) is 1. The van der Waals surface area contributed by atoms with E-state index in [1.165, 1.54) is 5.56 Å². The van der Waals surface area contributed by atoms with Gasteiger partial charge in [-0.2, -0.15) is 0 Å². The molecule has 3 heteroatoms. The Morgan fingerprint density at radius 2 is 2.06 bits per heavy atom. The van der Waals surface area contributed by atoms with Crippen molar-refractivity contribution in [1.82, 2.24) is 5.32 Å². The van der Waals surface area contributed by atoms with Crippen molar-refractivity contribution in [2.24, 2.45) is 5.73 Å². The minimum Gasteiger partial charge on any atom is -0.349 e. The first-order valence-electron chi connectivity index (χ1n) is 6.16. The third kappa shape index (κ3) is 3.86. The molecule has 0 aliphatic heterocycles. The quantitative estimate of drug-likeness (QED) is 0.820. The molecule has 0 fully saturated rings. The van der Waals surface area contributed by atoms with Gasteiger partial charge in [0, 0.05) is 11.6 Å². The molecule has 0 bridgehead atoms. The Morgan fingerprint density at radius 3 is 2.59 bits per heavy atom. The molecule has 0 aliphatic carbocycles. The lowest BCUT2D eigenvalue weighted by atomic mass is 10.0. The molecule has 3 N–H and O–H groups in total. The molecular formula is C14H22N2O. The van der Waals surface area contributed by atoms with Gasteiger partial charge in [0.1, 0.15) is 0 Å². The average molecular weight is 234 g/mol. The van der Waals surface area contributed by atoms with E-state index in [4.69, 9.17) is 5.73 Å². The molecule has 1 aromatic rings. The fourth-order valence-electron chi connectivity index (χ4n) is 1.73. The number of hydrogen-bond donors (Lipinski definition) is 2. The third-order valence-corrected chi connectivity index (χ3v) is 3.11. The Bertz CT molecular complexity index is 388. The van der Waals surface area contributed by atoms with Crippen LogP contribution in [0.15, 0.2) is 18.2 Å². The van der Waals surface area contributed by atoms with E-state index in [1.54, 1.807) is 0 Å². The van der Waals surface area contributed by atoms with Crippen LogP contribution in [0.3, 0.4) is 0 Å². The summed E-state index contributed by atoms with van der Waals surface area (Å²) in [5.41, 5.74) is 8.58. The van der Waals surface area contributed by atoms with Gasteiger partial charge in [0.2, 0.25) is 0 Å². The zero-order chi connectivity index (χ0) is 12.8. The largest absolute Gasteiger partial charge is 0.349 e. The van der Waals surface area contributed by atoms with Crippen LogP contribution < -0.4 is 11.1 Å². The fourth-order valence-corrected chi connectivity index (χ4v) is 1.73. The number of carbonyl (C=O) groups is 1. The summed E-state index contributed by atoms with van der Waals surface area (Å²) in [6.07, 6.45) is 1.74. The maximum absolute atomic E-state index is 12.0. The normalized spacial score (nSPS) is 12.2. The Labute approximate surface area is 103 Å². The van der Waals surface area contributed by atoms with E-state index in [2.05, 4.69) is 12.2 Å². The van der Waals surface area contributed by atoms with Crippen LogP contribution in [0.5, 0.6) is 0 Å². The van der Waals surface area contributed by atoms with Crippen molar-refractivity contribution in [3.8, 4) is 0 Å². The van der Waals surface area contributed by atoms with Crippen molar-refractivity contribution in [3.63, 3.8) is 0 Å². The molecule has 0 radical (unpaired) electrons. The van der Waals surface area contributed by atoms with E-state index in [0.717, 1.165) is 24.0 Å². The van der Waals surface area contributed by atoms with Crippen LogP contribution in [0.1, 0.15) is 41.3 Å². The maximum atomic E-state index is 12.0. The highest BCUT2D eigenvalue weighted by Gasteiger charge is 2.11. The van der Waals surface area contributed by atoms with E-state index < -0.39 is 0 Å². The van der Waals surface area contributed by atoms with Crippen molar-refractivity contribution in [3.05, 3.63) is 34.9 Å². The summed E-state index contributed by atoms with van der Waals surface area (Å²) in [6, 6.07) is 5.95. The second kappa shape index (κ2) is 6.40. The van der Waals surface area contributed by atoms with Crippen LogP contribution in [0, 0.1) is 13.8 Å². The number of nitrogens with one attached hydrogen (secondary N) is 1. The first-order valence-corrected chi connectivity index (χ1v) is 6.16. The predicted octanol–water partition coefficient (Wildman–Crippen LogP) is 2.16. The van der Waals surface area contributed by atoms with Gasteiger partial charge in [0.15, 0.2) is 0 Å². The summed E-state index contributed by atoms with van der Waals surface area (Å²) < 4.78 is 0. The molecular weight excluding hydrogens is 212 g/mol. The van der Waals surface area contributed by atoms with E-state index in [1.807, 2.05) is 32.0 Å². The maximum Gasteiger partial charge on any atom is 0.251 e. The van der Waals surface area contributed by atoms with Gasteiger partial charge in [-0.1, -0.05) is 13.0 Å². The van der Waals surface area contributed by atoms with Crippen molar-refractivity contribution >= 4 is 5.91 Å². The van der Waals surface area contributed by atoms with Gasteiger partial charge in [-0.15, -0.1) is 0 Å². The minimum atomic E-state index is -0.00611. The number of carbonyl (C=O) groups excluding carboxylic acids is 1. The van der Waals surface area contributed by atoms with Gasteiger partial charge in [0.05, 0.1) is 0 Å². The average Bonchev–Trinajstić information content (AvgIpc) is 2.31. The smallest absolute Gasteiger partial charge is 0.251 e. The van der Waals surface area contributed by atoms with Crippen molar-refractivity contribution in [2.45, 2.75) is 39.7 Å².